The van der Waals surface area contributed by atoms with Gasteiger partial charge in [-0.1, -0.05) is 19.1 Å². The third kappa shape index (κ3) is 4.67. The van der Waals surface area contributed by atoms with Gasteiger partial charge in [-0.05, 0) is 24.2 Å². The second-order valence-electron chi connectivity index (χ2n) is 8.07. The standard InChI is InChI=1S/C20H25F2N5O4S2/c1-2-25-7-9-26(10-8-25)20-16(21)18-17(19(22)24-20)27(11-12-32(18,28)29)13-14-3-5-15(6-4-14)33(23,30)31/h3-6H,2,7-13H2,1H3,(H2,23,30,31). The first-order chi connectivity index (χ1) is 15.5. The van der Waals surface area contributed by atoms with Gasteiger partial charge in [0.1, 0.15) is 10.6 Å². The maximum absolute atomic E-state index is 15.5. The van der Waals surface area contributed by atoms with E-state index in [9.17, 15) is 16.8 Å². The number of sulfone groups is 1. The Bertz CT molecular complexity index is 1260. The second-order valence-corrected chi connectivity index (χ2v) is 11.7. The molecule has 33 heavy (non-hydrogen) atoms. The van der Waals surface area contributed by atoms with Gasteiger partial charge in [-0.2, -0.15) is 9.37 Å². The van der Waals surface area contributed by atoms with Crippen molar-refractivity contribution in [1.29, 1.82) is 0 Å². The molecule has 1 aromatic heterocycles. The van der Waals surface area contributed by atoms with Crippen LogP contribution in [0.3, 0.4) is 0 Å². The minimum Gasteiger partial charge on any atom is -0.361 e. The Labute approximate surface area is 191 Å². The van der Waals surface area contributed by atoms with E-state index in [4.69, 9.17) is 5.14 Å². The highest BCUT2D eigenvalue weighted by atomic mass is 32.2. The summed E-state index contributed by atoms with van der Waals surface area (Å²) in [6, 6.07) is 5.60. The van der Waals surface area contributed by atoms with Crippen molar-refractivity contribution >= 4 is 31.4 Å². The molecule has 0 unspecified atom stereocenters. The highest BCUT2D eigenvalue weighted by molar-refractivity contribution is 7.91. The van der Waals surface area contributed by atoms with E-state index in [2.05, 4.69) is 9.88 Å². The number of fused-ring (bicyclic) bond motifs is 1. The predicted molar refractivity (Wildman–Crippen MR) is 119 cm³/mol. The summed E-state index contributed by atoms with van der Waals surface area (Å²) in [4.78, 5) is 8.21. The van der Waals surface area contributed by atoms with Crippen LogP contribution < -0.4 is 14.9 Å². The molecule has 1 aromatic carbocycles. The molecular formula is C20H25F2N5O4S2. The van der Waals surface area contributed by atoms with E-state index >= 15 is 8.78 Å². The monoisotopic (exact) mass is 501 g/mol. The topological polar surface area (TPSA) is 117 Å². The molecule has 0 spiro atoms. The minimum atomic E-state index is -4.05. The summed E-state index contributed by atoms with van der Waals surface area (Å²) in [5, 5.41) is 5.10. The number of rotatable bonds is 5. The smallest absolute Gasteiger partial charge is 0.239 e. The molecule has 9 nitrogen and oxygen atoms in total. The summed E-state index contributed by atoms with van der Waals surface area (Å²) in [6.45, 7) is 4.94. The van der Waals surface area contributed by atoms with Crippen molar-refractivity contribution in [3.63, 3.8) is 0 Å². The molecule has 1 fully saturated rings. The van der Waals surface area contributed by atoms with Gasteiger partial charge >= 0.3 is 0 Å². The van der Waals surface area contributed by atoms with E-state index in [0.29, 0.717) is 31.7 Å². The van der Waals surface area contributed by atoms with Crippen LogP contribution in [0.15, 0.2) is 34.1 Å². The fraction of sp³-hybridized carbons (Fsp3) is 0.450. The number of nitrogens with zero attached hydrogens (tertiary/aromatic N) is 4. The summed E-state index contributed by atoms with van der Waals surface area (Å²) < 4.78 is 79.1. The third-order valence-electron chi connectivity index (χ3n) is 6.01. The second kappa shape index (κ2) is 8.78. The maximum atomic E-state index is 15.5. The highest BCUT2D eigenvalue weighted by Crippen LogP contribution is 2.39. The SMILES string of the molecule is CCN1CCN(c2nc(F)c3c(c2F)S(=O)(=O)CCN3Cc2ccc(S(N)(=O)=O)cc2)CC1. The van der Waals surface area contributed by atoms with E-state index in [-0.39, 0.29) is 29.6 Å². The molecular weight excluding hydrogens is 476 g/mol. The number of benzene rings is 1. The number of likely N-dealkylation sites (N-methyl/N-ethyl adjacent to an activating group) is 1. The summed E-state index contributed by atoms with van der Waals surface area (Å²) in [7, 11) is -7.92. The third-order valence-corrected chi connectivity index (χ3v) is 8.66. The molecule has 4 rings (SSSR count). The largest absolute Gasteiger partial charge is 0.361 e. The molecule has 2 N–H and O–H groups in total. The van der Waals surface area contributed by atoms with Crippen LogP contribution in [0.2, 0.25) is 0 Å². The Morgan fingerprint density at radius 2 is 1.70 bits per heavy atom. The first-order valence-corrected chi connectivity index (χ1v) is 13.7. The van der Waals surface area contributed by atoms with Crippen molar-refractivity contribution in [3.05, 3.63) is 41.6 Å². The fourth-order valence-electron chi connectivity index (χ4n) is 4.14. The zero-order valence-electron chi connectivity index (χ0n) is 18.0. The zero-order valence-corrected chi connectivity index (χ0v) is 19.7. The molecule has 2 aliphatic heterocycles. The minimum absolute atomic E-state index is 0.0416. The van der Waals surface area contributed by atoms with Crippen LogP contribution in [0, 0.1) is 11.8 Å². The van der Waals surface area contributed by atoms with Crippen LogP contribution in [0.1, 0.15) is 12.5 Å². The summed E-state index contributed by atoms with van der Waals surface area (Å²) in [5.41, 5.74) is 0.178. The van der Waals surface area contributed by atoms with Crippen LogP contribution in [0.25, 0.3) is 0 Å². The van der Waals surface area contributed by atoms with E-state index < -0.39 is 42.2 Å². The van der Waals surface area contributed by atoms with Crippen molar-refractivity contribution in [2.75, 3.05) is 54.8 Å². The Morgan fingerprint density at radius 1 is 1.06 bits per heavy atom. The lowest BCUT2D eigenvalue weighted by molar-refractivity contribution is 0.269. The Hall–Kier alpha value is -2.35. The normalized spacial score (nSPS) is 18.9. The molecule has 1 saturated heterocycles. The molecule has 2 aliphatic rings. The number of anilines is 2. The molecule has 0 atom stereocenters. The number of halogens is 2. The van der Waals surface area contributed by atoms with Gasteiger partial charge in [-0.3, -0.25) is 0 Å². The van der Waals surface area contributed by atoms with Gasteiger partial charge in [0.15, 0.2) is 21.5 Å². The number of aromatic nitrogens is 1. The maximum Gasteiger partial charge on any atom is 0.239 e. The van der Waals surface area contributed by atoms with Crippen LogP contribution in [-0.4, -0.2) is 71.7 Å². The van der Waals surface area contributed by atoms with Crippen LogP contribution >= 0.6 is 0 Å². The molecule has 13 heteroatoms. The molecule has 180 valence electrons. The number of hydrogen-bond acceptors (Lipinski definition) is 8. The number of nitrogens with two attached hydrogens (primary N) is 1. The summed E-state index contributed by atoms with van der Waals surface area (Å²) in [5.74, 6) is -2.75. The number of primary sulfonamides is 1. The lowest BCUT2D eigenvalue weighted by Gasteiger charge is -2.36. The number of sulfonamides is 1. The van der Waals surface area contributed by atoms with Gasteiger partial charge in [-0.15, -0.1) is 0 Å². The lowest BCUT2D eigenvalue weighted by Crippen LogP contribution is -2.47. The molecule has 0 radical (unpaired) electrons. The average Bonchev–Trinajstić information content (AvgIpc) is 2.77. The predicted octanol–water partition coefficient (Wildman–Crippen LogP) is 0.943. The average molecular weight is 502 g/mol. The summed E-state index contributed by atoms with van der Waals surface area (Å²) >= 11 is 0. The van der Waals surface area contributed by atoms with Gasteiger partial charge in [0, 0.05) is 39.3 Å². The Kier molecular flexibility index (Phi) is 6.33. The molecule has 0 saturated carbocycles. The van der Waals surface area contributed by atoms with Crippen molar-refractivity contribution in [3.8, 4) is 0 Å². The van der Waals surface area contributed by atoms with Gasteiger partial charge in [0.25, 0.3) is 0 Å². The quantitative estimate of drug-likeness (QED) is 0.602. The lowest BCUT2D eigenvalue weighted by atomic mass is 10.2. The molecule has 0 bridgehead atoms. The number of piperazine rings is 1. The van der Waals surface area contributed by atoms with E-state index in [1.807, 2.05) is 6.92 Å². The Morgan fingerprint density at radius 3 is 2.27 bits per heavy atom. The van der Waals surface area contributed by atoms with Crippen LogP contribution in [0.5, 0.6) is 0 Å². The summed E-state index contributed by atoms with van der Waals surface area (Å²) in [6.07, 6.45) is 0. The molecule has 2 aromatic rings. The van der Waals surface area contributed by atoms with E-state index in [1.165, 1.54) is 29.2 Å². The van der Waals surface area contributed by atoms with Crippen LogP contribution in [-0.2, 0) is 26.4 Å². The molecule has 0 aliphatic carbocycles. The van der Waals surface area contributed by atoms with Crippen molar-refractivity contribution in [2.45, 2.75) is 23.3 Å². The first-order valence-electron chi connectivity index (χ1n) is 10.5. The van der Waals surface area contributed by atoms with Gasteiger partial charge < -0.3 is 14.7 Å². The van der Waals surface area contributed by atoms with Gasteiger partial charge in [-0.25, -0.2) is 26.4 Å². The fourth-order valence-corrected chi connectivity index (χ4v) is 6.20. The van der Waals surface area contributed by atoms with Gasteiger partial charge in [0.2, 0.25) is 16.0 Å². The molecule has 3 heterocycles. The first kappa shape index (κ1) is 23.8. The van der Waals surface area contributed by atoms with Crippen LogP contribution in [0.4, 0.5) is 20.3 Å². The van der Waals surface area contributed by atoms with Crippen molar-refractivity contribution in [2.24, 2.45) is 5.14 Å². The van der Waals surface area contributed by atoms with Crippen molar-refractivity contribution in [1.82, 2.24) is 9.88 Å². The highest BCUT2D eigenvalue weighted by Gasteiger charge is 2.38. The van der Waals surface area contributed by atoms with Gasteiger partial charge in [0.05, 0.1) is 10.6 Å². The van der Waals surface area contributed by atoms with Crippen molar-refractivity contribution < 1.29 is 25.6 Å². The van der Waals surface area contributed by atoms with E-state index in [1.54, 1.807) is 4.90 Å². The number of hydrogen-bond donors (Lipinski definition) is 1. The Balaban J connectivity index is 1.69. The zero-order chi connectivity index (χ0) is 24.0. The molecule has 0 amide bonds. The van der Waals surface area contributed by atoms with E-state index in [0.717, 1.165) is 6.54 Å². The number of pyridine rings is 1.